The summed E-state index contributed by atoms with van der Waals surface area (Å²) in [5.41, 5.74) is 0.270. The fraction of sp³-hybridized carbons (Fsp3) is 0.231. The number of hydrogen-bond donors (Lipinski definition) is 1. The topological polar surface area (TPSA) is 56.0 Å². The van der Waals surface area contributed by atoms with Crippen molar-refractivity contribution in [3.8, 4) is 0 Å². The van der Waals surface area contributed by atoms with E-state index in [1.165, 1.54) is 33.4 Å². The van der Waals surface area contributed by atoms with Crippen molar-refractivity contribution < 1.29 is 9.18 Å². The molecule has 0 aliphatic carbocycles. The number of nitrogens with zero attached hydrogens (tertiary/aromatic N) is 2. The van der Waals surface area contributed by atoms with E-state index in [9.17, 15) is 14.0 Å². The highest BCUT2D eigenvalue weighted by molar-refractivity contribution is 5.90. The lowest BCUT2D eigenvalue weighted by Crippen LogP contribution is -2.28. The minimum atomic E-state index is -0.366. The van der Waals surface area contributed by atoms with Gasteiger partial charge in [-0.25, -0.2) is 9.18 Å². The summed E-state index contributed by atoms with van der Waals surface area (Å²) >= 11 is 0. The minimum Gasteiger partial charge on any atom is -0.325 e. The number of hydrogen-bond acceptors (Lipinski definition) is 2. The van der Waals surface area contributed by atoms with Gasteiger partial charge in [0.25, 0.3) is 0 Å². The fourth-order valence-corrected chi connectivity index (χ4v) is 1.70. The van der Waals surface area contributed by atoms with E-state index in [2.05, 4.69) is 5.32 Å². The zero-order valence-corrected chi connectivity index (χ0v) is 10.5. The third kappa shape index (κ3) is 3.09. The fourth-order valence-electron chi connectivity index (χ4n) is 1.70. The van der Waals surface area contributed by atoms with Crippen LogP contribution in [-0.2, 0) is 17.9 Å². The largest absolute Gasteiger partial charge is 0.328 e. The van der Waals surface area contributed by atoms with Gasteiger partial charge >= 0.3 is 5.69 Å². The molecule has 1 amide bonds. The Kier molecular flexibility index (Phi) is 3.79. The van der Waals surface area contributed by atoms with Gasteiger partial charge in [0.1, 0.15) is 12.4 Å². The molecule has 19 heavy (non-hydrogen) atoms. The molecule has 1 aromatic carbocycles. The normalized spacial score (nSPS) is 10.4. The smallest absolute Gasteiger partial charge is 0.325 e. The number of aryl methyl sites for hydroxylation is 1. The van der Waals surface area contributed by atoms with Gasteiger partial charge in [-0.2, -0.15) is 0 Å². The molecule has 0 bridgehead atoms. The van der Waals surface area contributed by atoms with Gasteiger partial charge in [-0.05, 0) is 31.2 Å². The van der Waals surface area contributed by atoms with Gasteiger partial charge in [0.05, 0.1) is 0 Å². The van der Waals surface area contributed by atoms with E-state index >= 15 is 0 Å². The van der Waals surface area contributed by atoms with Crippen LogP contribution in [0.2, 0.25) is 0 Å². The SMILES string of the molecule is CCn1ccn(CC(=O)Nc2ccc(F)cc2)c1=O. The molecule has 1 heterocycles. The predicted molar refractivity (Wildman–Crippen MR) is 69.4 cm³/mol. The molecule has 0 aliphatic heterocycles. The number of anilines is 1. The lowest BCUT2D eigenvalue weighted by atomic mass is 10.3. The first-order valence-corrected chi connectivity index (χ1v) is 5.91. The van der Waals surface area contributed by atoms with Crippen molar-refractivity contribution in [3.63, 3.8) is 0 Å². The van der Waals surface area contributed by atoms with Gasteiger partial charge in [0.15, 0.2) is 0 Å². The maximum Gasteiger partial charge on any atom is 0.328 e. The van der Waals surface area contributed by atoms with Crippen LogP contribution < -0.4 is 11.0 Å². The maximum absolute atomic E-state index is 12.7. The summed E-state index contributed by atoms with van der Waals surface area (Å²) in [7, 11) is 0. The highest BCUT2D eigenvalue weighted by atomic mass is 19.1. The Morgan fingerprint density at radius 3 is 2.42 bits per heavy atom. The highest BCUT2D eigenvalue weighted by Crippen LogP contribution is 2.08. The Balaban J connectivity index is 2.03. The molecule has 2 aromatic rings. The monoisotopic (exact) mass is 263 g/mol. The Labute approximate surface area is 109 Å². The van der Waals surface area contributed by atoms with Crippen LogP contribution in [0.5, 0.6) is 0 Å². The van der Waals surface area contributed by atoms with E-state index < -0.39 is 0 Å². The lowest BCUT2D eigenvalue weighted by Gasteiger charge is -2.05. The summed E-state index contributed by atoms with van der Waals surface area (Å²) in [6, 6.07) is 5.45. The van der Waals surface area contributed by atoms with Crippen molar-refractivity contribution in [2.45, 2.75) is 20.0 Å². The zero-order valence-electron chi connectivity index (χ0n) is 10.5. The number of rotatable bonds is 4. The predicted octanol–water partition coefficient (Wildman–Crippen LogP) is 1.45. The molecule has 1 N–H and O–H groups in total. The molecule has 0 spiro atoms. The molecule has 0 aliphatic rings. The molecular weight excluding hydrogens is 249 g/mol. The number of halogens is 1. The van der Waals surface area contributed by atoms with Crippen LogP contribution in [0.4, 0.5) is 10.1 Å². The molecule has 0 saturated carbocycles. The summed E-state index contributed by atoms with van der Waals surface area (Å²) in [5, 5.41) is 2.60. The van der Waals surface area contributed by atoms with Crippen LogP contribution >= 0.6 is 0 Å². The minimum absolute atomic E-state index is 0.0663. The average Bonchev–Trinajstić information content (AvgIpc) is 2.73. The number of aromatic nitrogens is 2. The van der Waals surface area contributed by atoms with Crippen molar-refractivity contribution >= 4 is 11.6 Å². The van der Waals surface area contributed by atoms with Crippen LogP contribution in [0, 0.1) is 5.82 Å². The first-order chi connectivity index (χ1) is 9.10. The zero-order chi connectivity index (χ0) is 13.8. The van der Waals surface area contributed by atoms with Gasteiger partial charge in [-0.1, -0.05) is 0 Å². The van der Waals surface area contributed by atoms with E-state index in [4.69, 9.17) is 0 Å². The molecule has 0 fully saturated rings. The second kappa shape index (κ2) is 5.51. The summed E-state index contributed by atoms with van der Waals surface area (Å²) < 4.78 is 15.5. The maximum atomic E-state index is 12.7. The molecule has 0 unspecified atom stereocenters. The highest BCUT2D eigenvalue weighted by Gasteiger charge is 2.07. The van der Waals surface area contributed by atoms with Gasteiger partial charge in [0.2, 0.25) is 5.91 Å². The van der Waals surface area contributed by atoms with Crippen molar-refractivity contribution in [2.24, 2.45) is 0 Å². The van der Waals surface area contributed by atoms with Gasteiger partial charge < -0.3 is 5.32 Å². The molecule has 100 valence electrons. The third-order valence-electron chi connectivity index (χ3n) is 2.70. The average molecular weight is 263 g/mol. The summed E-state index contributed by atoms with van der Waals surface area (Å²) in [6.45, 7) is 2.35. The van der Waals surface area contributed by atoms with Crippen molar-refractivity contribution in [1.29, 1.82) is 0 Å². The summed E-state index contributed by atoms with van der Waals surface area (Å²) in [5.74, 6) is -0.697. The van der Waals surface area contributed by atoms with Crippen LogP contribution in [-0.4, -0.2) is 15.0 Å². The molecule has 0 radical (unpaired) electrons. The van der Waals surface area contributed by atoms with E-state index in [1.807, 2.05) is 6.92 Å². The second-order valence-electron chi connectivity index (χ2n) is 4.05. The van der Waals surface area contributed by atoms with E-state index in [0.717, 1.165) is 0 Å². The van der Waals surface area contributed by atoms with E-state index in [1.54, 1.807) is 12.4 Å². The number of amides is 1. The standard InChI is InChI=1S/C13H14FN3O2/c1-2-16-7-8-17(13(16)19)9-12(18)15-11-5-3-10(14)4-6-11/h3-8H,2,9H2,1H3,(H,15,18). The summed E-state index contributed by atoms with van der Waals surface area (Å²) in [4.78, 5) is 23.5. The van der Waals surface area contributed by atoms with Crippen molar-refractivity contribution in [2.75, 3.05) is 5.32 Å². The van der Waals surface area contributed by atoms with E-state index in [0.29, 0.717) is 12.2 Å². The second-order valence-corrected chi connectivity index (χ2v) is 4.05. The number of carbonyl (C=O) groups excluding carboxylic acids is 1. The Hall–Kier alpha value is -2.37. The number of imidazole rings is 1. The van der Waals surface area contributed by atoms with Gasteiger partial charge in [-0.3, -0.25) is 13.9 Å². The van der Waals surface area contributed by atoms with Gasteiger partial charge in [0, 0.05) is 24.6 Å². The van der Waals surface area contributed by atoms with Crippen molar-refractivity contribution in [3.05, 3.63) is 53.0 Å². The van der Waals surface area contributed by atoms with Gasteiger partial charge in [-0.15, -0.1) is 0 Å². The lowest BCUT2D eigenvalue weighted by molar-refractivity contribution is -0.116. The first-order valence-electron chi connectivity index (χ1n) is 5.91. The molecule has 6 heteroatoms. The molecule has 5 nitrogen and oxygen atoms in total. The van der Waals surface area contributed by atoms with Crippen LogP contribution in [0.3, 0.4) is 0 Å². The first kappa shape index (κ1) is 13.1. The molecule has 0 saturated heterocycles. The number of nitrogens with one attached hydrogen (secondary N) is 1. The molecule has 2 rings (SSSR count). The van der Waals surface area contributed by atoms with E-state index in [-0.39, 0.29) is 24.0 Å². The van der Waals surface area contributed by atoms with Crippen LogP contribution in [0.1, 0.15) is 6.92 Å². The van der Waals surface area contributed by atoms with Crippen LogP contribution in [0.15, 0.2) is 41.5 Å². The summed E-state index contributed by atoms with van der Waals surface area (Å²) in [6.07, 6.45) is 3.20. The Morgan fingerprint density at radius 1 is 1.21 bits per heavy atom. The molecular formula is C13H14FN3O2. The third-order valence-corrected chi connectivity index (χ3v) is 2.70. The molecule has 1 aromatic heterocycles. The van der Waals surface area contributed by atoms with Crippen molar-refractivity contribution in [1.82, 2.24) is 9.13 Å². The number of benzene rings is 1. The Morgan fingerprint density at radius 2 is 1.84 bits per heavy atom. The quantitative estimate of drug-likeness (QED) is 0.907. The molecule has 0 atom stereocenters. The Bertz CT molecular complexity index is 628. The van der Waals surface area contributed by atoms with Crippen LogP contribution in [0.25, 0.3) is 0 Å². The number of carbonyl (C=O) groups is 1.